The number of hydrogen-bond donors (Lipinski definition) is 1. The van der Waals surface area contributed by atoms with Crippen LogP contribution in [0.5, 0.6) is 11.5 Å². The molecule has 0 saturated heterocycles. The number of nitriles is 1. The first-order valence-electron chi connectivity index (χ1n) is 5.74. The summed E-state index contributed by atoms with van der Waals surface area (Å²) in [6.07, 6.45) is 6.59. The van der Waals surface area contributed by atoms with Gasteiger partial charge in [-0.2, -0.15) is 5.26 Å². The lowest BCUT2D eigenvalue weighted by atomic mass is 10.1. The summed E-state index contributed by atoms with van der Waals surface area (Å²) in [7, 11) is 2.96. The van der Waals surface area contributed by atoms with Gasteiger partial charge in [0.2, 0.25) is 0 Å². The molecular weight excluding hydrogens is 256 g/mol. The van der Waals surface area contributed by atoms with Gasteiger partial charge < -0.3 is 14.8 Å². The molecule has 1 N–H and O–H groups in total. The molecule has 0 unspecified atom stereocenters. The number of amides is 1. The number of nitrogens with one attached hydrogen (secondary N) is 1. The van der Waals surface area contributed by atoms with Crippen LogP contribution in [0.4, 0.5) is 0 Å². The number of nitrogens with zero attached hydrogens (tertiary/aromatic N) is 1. The molecule has 5 nitrogen and oxygen atoms in total. The summed E-state index contributed by atoms with van der Waals surface area (Å²) in [5.41, 5.74) is 0.655. The van der Waals surface area contributed by atoms with Gasteiger partial charge in [0.15, 0.2) is 11.5 Å². The number of carbonyl (C=O) groups is 1. The second-order valence-corrected chi connectivity index (χ2v) is 3.65. The summed E-state index contributed by atoms with van der Waals surface area (Å²) < 4.78 is 10.5. The van der Waals surface area contributed by atoms with Crippen molar-refractivity contribution in [2.45, 2.75) is 0 Å². The Kier molecular flexibility index (Phi) is 5.68. The van der Waals surface area contributed by atoms with E-state index in [4.69, 9.17) is 21.2 Å². The number of benzene rings is 1. The minimum Gasteiger partial charge on any atom is -0.493 e. The topological polar surface area (TPSA) is 71.3 Å². The lowest BCUT2D eigenvalue weighted by Gasteiger charge is -2.09. The first-order valence-corrected chi connectivity index (χ1v) is 5.74. The van der Waals surface area contributed by atoms with Crippen LogP contribution in [0.15, 0.2) is 23.8 Å². The Morgan fingerprint density at radius 3 is 2.80 bits per heavy atom. The van der Waals surface area contributed by atoms with E-state index in [-0.39, 0.29) is 12.2 Å². The fraction of sp³-hybridized carbons (Fsp3) is 0.200. The molecule has 1 aromatic rings. The minimum atomic E-state index is -0.445. The highest BCUT2D eigenvalue weighted by Crippen LogP contribution is 2.28. The normalized spacial score (nSPS) is 10.1. The van der Waals surface area contributed by atoms with Gasteiger partial charge in [0.05, 0.1) is 7.11 Å². The molecule has 0 aromatic heterocycles. The van der Waals surface area contributed by atoms with Crippen LogP contribution in [-0.2, 0) is 4.79 Å². The van der Waals surface area contributed by atoms with E-state index < -0.39 is 5.91 Å². The maximum atomic E-state index is 11.4. The number of rotatable bonds is 5. The van der Waals surface area contributed by atoms with Crippen LogP contribution in [0.2, 0.25) is 0 Å². The van der Waals surface area contributed by atoms with Gasteiger partial charge in [-0.25, -0.2) is 0 Å². The molecule has 0 radical (unpaired) electrons. The van der Waals surface area contributed by atoms with Crippen LogP contribution in [0.25, 0.3) is 6.08 Å². The van der Waals surface area contributed by atoms with E-state index in [1.54, 1.807) is 18.2 Å². The Balaban J connectivity index is 3.10. The van der Waals surface area contributed by atoms with Gasteiger partial charge in [0.25, 0.3) is 5.91 Å². The fourth-order valence-corrected chi connectivity index (χ4v) is 1.46. The third-order valence-electron chi connectivity index (χ3n) is 2.40. The van der Waals surface area contributed by atoms with E-state index in [0.29, 0.717) is 17.1 Å². The second kappa shape index (κ2) is 7.50. The third-order valence-corrected chi connectivity index (χ3v) is 2.40. The van der Waals surface area contributed by atoms with Crippen molar-refractivity contribution in [1.29, 1.82) is 5.26 Å². The number of likely N-dealkylation sites (N-methyl/N-ethyl adjacent to an activating group) is 1. The summed E-state index contributed by atoms with van der Waals surface area (Å²) in [5, 5.41) is 11.3. The first-order chi connectivity index (χ1) is 9.65. The molecule has 0 atom stereocenters. The molecule has 0 fully saturated rings. The number of carbonyl (C=O) groups excluding carboxylic acids is 1. The van der Waals surface area contributed by atoms with Crippen molar-refractivity contribution >= 4 is 12.0 Å². The highest BCUT2D eigenvalue weighted by molar-refractivity contribution is 6.01. The molecule has 20 heavy (non-hydrogen) atoms. The van der Waals surface area contributed by atoms with Crippen molar-refractivity contribution in [2.75, 3.05) is 20.8 Å². The van der Waals surface area contributed by atoms with Crippen LogP contribution in [0, 0.1) is 23.7 Å². The molecule has 1 aromatic carbocycles. The number of hydrogen-bond acceptors (Lipinski definition) is 4. The maximum Gasteiger partial charge on any atom is 0.261 e. The highest BCUT2D eigenvalue weighted by atomic mass is 16.5. The molecule has 102 valence electrons. The Morgan fingerprint density at radius 1 is 1.50 bits per heavy atom. The van der Waals surface area contributed by atoms with E-state index >= 15 is 0 Å². The summed E-state index contributed by atoms with van der Waals surface area (Å²) in [5.74, 6) is 2.89. The zero-order chi connectivity index (χ0) is 15.0. The molecule has 0 heterocycles. The number of terminal acetylenes is 1. The predicted molar refractivity (Wildman–Crippen MR) is 75.0 cm³/mol. The van der Waals surface area contributed by atoms with Gasteiger partial charge in [-0.1, -0.05) is 12.0 Å². The monoisotopic (exact) mass is 270 g/mol. The average molecular weight is 270 g/mol. The smallest absolute Gasteiger partial charge is 0.261 e. The largest absolute Gasteiger partial charge is 0.493 e. The molecular formula is C15H14N2O3. The Morgan fingerprint density at radius 2 is 2.25 bits per heavy atom. The van der Waals surface area contributed by atoms with Crippen LogP contribution in [-0.4, -0.2) is 26.7 Å². The molecule has 0 aliphatic carbocycles. The van der Waals surface area contributed by atoms with Crippen LogP contribution >= 0.6 is 0 Å². The number of methoxy groups -OCH3 is 1. The molecule has 0 saturated carbocycles. The van der Waals surface area contributed by atoms with Gasteiger partial charge in [0.1, 0.15) is 18.2 Å². The van der Waals surface area contributed by atoms with Crippen molar-refractivity contribution in [3.05, 3.63) is 29.3 Å². The maximum absolute atomic E-state index is 11.4. The molecule has 0 bridgehead atoms. The molecule has 1 rings (SSSR count). The standard InChI is InChI=1S/C15H14N2O3/c1-4-7-20-13-6-5-11(9-14(13)19-3)8-12(10-16)15(18)17-2/h1,5-6,8-9H,7H2,2-3H3,(H,17,18)/b12-8+. The van der Waals surface area contributed by atoms with E-state index in [9.17, 15) is 4.79 Å². The average Bonchev–Trinajstić information content (AvgIpc) is 2.50. The lowest BCUT2D eigenvalue weighted by Crippen LogP contribution is -2.19. The predicted octanol–water partition coefficient (Wildman–Crippen LogP) is 1.36. The van der Waals surface area contributed by atoms with Crippen molar-refractivity contribution in [1.82, 2.24) is 5.32 Å². The van der Waals surface area contributed by atoms with Crippen LogP contribution in [0.1, 0.15) is 5.56 Å². The summed E-state index contributed by atoms with van der Waals surface area (Å²) in [6.45, 7) is 0.132. The van der Waals surface area contributed by atoms with Gasteiger partial charge in [-0.05, 0) is 23.8 Å². The van der Waals surface area contributed by atoms with Crippen LogP contribution in [0.3, 0.4) is 0 Å². The van der Waals surface area contributed by atoms with Gasteiger partial charge in [-0.15, -0.1) is 6.42 Å². The molecule has 0 aliphatic heterocycles. The summed E-state index contributed by atoms with van der Waals surface area (Å²) in [4.78, 5) is 11.4. The quantitative estimate of drug-likeness (QED) is 0.498. The number of ether oxygens (including phenoxy) is 2. The SMILES string of the molecule is C#CCOc1ccc(/C=C(\C#N)C(=O)NC)cc1OC. The van der Waals surface area contributed by atoms with Crippen molar-refractivity contribution in [3.8, 4) is 29.9 Å². The summed E-state index contributed by atoms with van der Waals surface area (Å²) in [6, 6.07) is 6.87. The zero-order valence-electron chi connectivity index (χ0n) is 11.3. The van der Waals surface area contributed by atoms with E-state index in [0.717, 1.165) is 0 Å². The van der Waals surface area contributed by atoms with E-state index in [1.807, 2.05) is 6.07 Å². The Hall–Kier alpha value is -2.92. The lowest BCUT2D eigenvalue weighted by molar-refractivity contribution is -0.116. The first kappa shape index (κ1) is 15.1. The van der Waals surface area contributed by atoms with Gasteiger partial charge >= 0.3 is 0 Å². The van der Waals surface area contributed by atoms with E-state index in [2.05, 4.69) is 11.2 Å². The second-order valence-electron chi connectivity index (χ2n) is 3.65. The molecule has 1 amide bonds. The van der Waals surface area contributed by atoms with Crippen molar-refractivity contribution < 1.29 is 14.3 Å². The minimum absolute atomic E-state index is 0.00634. The third kappa shape index (κ3) is 3.79. The van der Waals surface area contributed by atoms with E-state index in [1.165, 1.54) is 20.2 Å². The van der Waals surface area contributed by atoms with Crippen molar-refractivity contribution in [3.63, 3.8) is 0 Å². The van der Waals surface area contributed by atoms with Crippen LogP contribution < -0.4 is 14.8 Å². The fourth-order valence-electron chi connectivity index (χ4n) is 1.46. The molecule has 5 heteroatoms. The Bertz CT molecular complexity index is 607. The zero-order valence-corrected chi connectivity index (χ0v) is 11.3. The van der Waals surface area contributed by atoms with Gasteiger partial charge in [0, 0.05) is 7.05 Å². The van der Waals surface area contributed by atoms with Crippen molar-refractivity contribution in [2.24, 2.45) is 0 Å². The molecule has 0 spiro atoms. The van der Waals surface area contributed by atoms with Gasteiger partial charge in [-0.3, -0.25) is 4.79 Å². The summed E-state index contributed by atoms with van der Waals surface area (Å²) >= 11 is 0. The highest BCUT2D eigenvalue weighted by Gasteiger charge is 2.08. The Labute approximate surface area is 117 Å². The molecule has 0 aliphatic rings.